The van der Waals surface area contributed by atoms with Crippen molar-refractivity contribution in [2.24, 2.45) is 5.73 Å². The van der Waals surface area contributed by atoms with E-state index in [1.54, 1.807) is 11.3 Å². The van der Waals surface area contributed by atoms with E-state index in [2.05, 4.69) is 33.8 Å². The minimum atomic E-state index is 0.422. The minimum absolute atomic E-state index is 0.422. The normalized spacial score (nSPS) is 24.7. The van der Waals surface area contributed by atoms with Crippen LogP contribution in [0, 0.1) is 0 Å². The molecule has 0 saturated heterocycles. The molecule has 1 fully saturated rings. The molecule has 1 aliphatic rings. The van der Waals surface area contributed by atoms with Gasteiger partial charge >= 0.3 is 0 Å². The molecular weight excluding hydrogens is 332 g/mol. The second-order valence-corrected chi connectivity index (χ2v) is 7.56. The number of nitrogens with two attached hydrogens (primary N) is 1. The van der Waals surface area contributed by atoms with Crippen molar-refractivity contribution in [2.45, 2.75) is 51.2 Å². The number of hydrogen-bond acceptors (Lipinski definition) is 3. The van der Waals surface area contributed by atoms with Gasteiger partial charge < -0.3 is 5.73 Å². The summed E-state index contributed by atoms with van der Waals surface area (Å²) in [5, 5.41) is 0. The Morgan fingerprint density at radius 1 is 1.44 bits per heavy atom. The third-order valence-electron chi connectivity index (χ3n) is 3.72. The highest BCUT2D eigenvalue weighted by Crippen LogP contribution is 2.33. The summed E-state index contributed by atoms with van der Waals surface area (Å²) in [4.78, 5) is 3.89. The second-order valence-electron chi connectivity index (χ2n) is 4.97. The zero-order valence-electron chi connectivity index (χ0n) is 10.7. The lowest BCUT2D eigenvalue weighted by atomic mass is 9.90. The van der Waals surface area contributed by atoms with Crippen LogP contribution in [0.3, 0.4) is 0 Å². The monoisotopic (exact) mass is 350 g/mol. The number of nitrogens with zero attached hydrogens (tertiary/aromatic N) is 1. The topological polar surface area (TPSA) is 29.3 Å². The Kier molecular flexibility index (Phi) is 5.51. The van der Waals surface area contributed by atoms with E-state index in [0.29, 0.717) is 12.1 Å². The van der Waals surface area contributed by atoms with Crippen molar-refractivity contribution >= 4 is 38.9 Å². The van der Waals surface area contributed by atoms with Gasteiger partial charge in [0, 0.05) is 28.0 Å². The Hall–Kier alpha value is 0.390. The highest BCUT2D eigenvalue weighted by atomic mass is 79.9. The zero-order valence-corrected chi connectivity index (χ0v) is 13.8. The number of hydrogen-bond donors (Lipinski definition) is 1. The Bertz CT molecular complexity index is 369. The maximum atomic E-state index is 6.10. The predicted molar refractivity (Wildman–Crippen MR) is 83.3 cm³/mol. The molecule has 2 N–H and O–H groups in total. The number of halogens is 2. The third-order valence-corrected chi connectivity index (χ3v) is 6.18. The lowest BCUT2D eigenvalue weighted by molar-refractivity contribution is 0.150. The average molecular weight is 352 g/mol. The molecule has 0 unspecified atom stereocenters. The summed E-state index contributed by atoms with van der Waals surface area (Å²) in [5.74, 6) is 0. The molecule has 2 rings (SSSR count). The zero-order chi connectivity index (χ0) is 13.1. The third kappa shape index (κ3) is 3.70. The predicted octanol–water partition coefficient (Wildman–Crippen LogP) is 4.26. The van der Waals surface area contributed by atoms with Crippen LogP contribution < -0.4 is 5.73 Å². The quantitative estimate of drug-likeness (QED) is 0.878. The maximum absolute atomic E-state index is 6.10. The molecule has 0 aromatic carbocycles. The van der Waals surface area contributed by atoms with Gasteiger partial charge in [-0.05, 0) is 54.2 Å². The van der Waals surface area contributed by atoms with E-state index in [4.69, 9.17) is 17.3 Å². The number of thiophene rings is 1. The van der Waals surface area contributed by atoms with E-state index >= 15 is 0 Å². The molecule has 2 nitrogen and oxygen atoms in total. The molecule has 5 heteroatoms. The fourth-order valence-corrected chi connectivity index (χ4v) is 4.45. The van der Waals surface area contributed by atoms with Gasteiger partial charge in [-0.25, -0.2) is 0 Å². The lowest BCUT2D eigenvalue weighted by Gasteiger charge is -2.35. The van der Waals surface area contributed by atoms with Crippen molar-refractivity contribution in [1.82, 2.24) is 4.90 Å². The van der Waals surface area contributed by atoms with Crippen molar-refractivity contribution in [1.29, 1.82) is 0 Å². The first-order valence-electron chi connectivity index (χ1n) is 6.53. The summed E-state index contributed by atoms with van der Waals surface area (Å²) in [6.07, 6.45) is 4.79. The fourth-order valence-electron chi connectivity index (χ4n) is 2.64. The Morgan fingerprint density at radius 2 is 2.11 bits per heavy atom. The molecule has 1 heterocycles. The van der Waals surface area contributed by atoms with Crippen LogP contribution >= 0.6 is 38.9 Å². The summed E-state index contributed by atoms with van der Waals surface area (Å²) in [7, 11) is 0. The van der Waals surface area contributed by atoms with Crippen molar-refractivity contribution in [3.8, 4) is 0 Å². The molecule has 18 heavy (non-hydrogen) atoms. The number of rotatable bonds is 4. The van der Waals surface area contributed by atoms with Gasteiger partial charge in [-0.2, -0.15) is 0 Å². The van der Waals surface area contributed by atoms with E-state index in [9.17, 15) is 0 Å². The van der Waals surface area contributed by atoms with Crippen LogP contribution in [0.25, 0.3) is 0 Å². The van der Waals surface area contributed by atoms with Crippen molar-refractivity contribution in [2.75, 3.05) is 6.54 Å². The van der Waals surface area contributed by atoms with Crippen LogP contribution in [0.15, 0.2) is 10.5 Å². The molecular formula is C13H20BrClN2S. The molecule has 1 aliphatic carbocycles. The second kappa shape index (κ2) is 6.71. The molecule has 1 aromatic rings. The van der Waals surface area contributed by atoms with Crippen LogP contribution in [0.4, 0.5) is 0 Å². The molecule has 1 aromatic heterocycles. The molecule has 102 valence electrons. The highest BCUT2D eigenvalue weighted by Gasteiger charge is 2.23. The maximum Gasteiger partial charge on any atom is 0.107 e. The highest BCUT2D eigenvalue weighted by molar-refractivity contribution is 9.10. The van der Waals surface area contributed by atoms with Gasteiger partial charge in [-0.15, -0.1) is 11.3 Å². The molecule has 0 radical (unpaired) electrons. The first-order chi connectivity index (χ1) is 8.60. The lowest BCUT2D eigenvalue weighted by Crippen LogP contribution is -2.40. The molecule has 0 aliphatic heterocycles. The van der Waals surface area contributed by atoms with Crippen LogP contribution in [0.2, 0.25) is 4.34 Å². The fraction of sp³-hybridized carbons (Fsp3) is 0.692. The Balaban J connectivity index is 1.96. The summed E-state index contributed by atoms with van der Waals surface area (Å²) >= 11 is 11.2. The molecule has 0 atom stereocenters. The van der Waals surface area contributed by atoms with Gasteiger partial charge in [0.1, 0.15) is 4.34 Å². The van der Waals surface area contributed by atoms with Crippen LogP contribution in [0.5, 0.6) is 0 Å². The van der Waals surface area contributed by atoms with Crippen LogP contribution in [0.1, 0.15) is 37.5 Å². The minimum Gasteiger partial charge on any atom is -0.328 e. The molecule has 0 amide bonds. The van der Waals surface area contributed by atoms with Crippen molar-refractivity contribution < 1.29 is 0 Å². The van der Waals surface area contributed by atoms with Crippen molar-refractivity contribution in [3.63, 3.8) is 0 Å². The summed E-state index contributed by atoms with van der Waals surface area (Å²) in [6.45, 7) is 4.33. The van der Waals surface area contributed by atoms with Crippen molar-refractivity contribution in [3.05, 3.63) is 19.8 Å². The van der Waals surface area contributed by atoms with E-state index in [0.717, 1.165) is 34.7 Å². The first kappa shape index (κ1) is 14.8. The van der Waals surface area contributed by atoms with Gasteiger partial charge in [0.25, 0.3) is 0 Å². The smallest absolute Gasteiger partial charge is 0.107 e. The first-order valence-corrected chi connectivity index (χ1v) is 8.52. The van der Waals surface area contributed by atoms with E-state index in [1.165, 1.54) is 17.7 Å². The van der Waals surface area contributed by atoms with Crippen LogP contribution in [-0.2, 0) is 6.54 Å². The van der Waals surface area contributed by atoms with E-state index in [-0.39, 0.29) is 0 Å². The summed E-state index contributed by atoms with van der Waals surface area (Å²) in [6, 6.07) is 3.25. The Labute approximate surface area is 127 Å². The molecule has 1 saturated carbocycles. The molecule has 0 spiro atoms. The van der Waals surface area contributed by atoms with E-state index < -0.39 is 0 Å². The van der Waals surface area contributed by atoms with Crippen LogP contribution in [-0.4, -0.2) is 23.5 Å². The van der Waals surface area contributed by atoms with Gasteiger partial charge in [-0.3, -0.25) is 4.90 Å². The summed E-state index contributed by atoms with van der Waals surface area (Å²) in [5.41, 5.74) is 5.97. The largest absolute Gasteiger partial charge is 0.328 e. The van der Waals surface area contributed by atoms with Gasteiger partial charge in [0.05, 0.1) is 0 Å². The summed E-state index contributed by atoms with van der Waals surface area (Å²) < 4.78 is 1.87. The van der Waals surface area contributed by atoms with E-state index in [1.807, 2.05) is 0 Å². The Morgan fingerprint density at radius 3 is 2.61 bits per heavy atom. The SMILES string of the molecule is CCN(Cc1cc(Br)c(Cl)s1)C1CCC(N)CC1. The van der Waals surface area contributed by atoms with Gasteiger partial charge in [0.2, 0.25) is 0 Å². The van der Waals surface area contributed by atoms with Gasteiger partial charge in [0.15, 0.2) is 0 Å². The molecule has 0 bridgehead atoms. The standard InChI is InChI=1S/C13H20BrClN2S/c1-2-17(10-5-3-9(16)4-6-10)8-11-7-12(14)13(15)18-11/h7,9-10H,2-6,8,16H2,1H3. The average Bonchev–Trinajstić information content (AvgIpc) is 2.67. The van der Waals surface area contributed by atoms with Gasteiger partial charge in [-0.1, -0.05) is 18.5 Å².